The number of carboxylic acid groups (broad SMARTS) is 1. The van der Waals surface area contributed by atoms with Crippen molar-refractivity contribution in [3.8, 4) is 0 Å². The molecule has 0 aliphatic heterocycles. The zero-order valence-electron chi connectivity index (χ0n) is 11.4. The maximum Gasteiger partial charge on any atom is 0.329 e. The van der Waals surface area contributed by atoms with Crippen LogP contribution in [0.25, 0.3) is 0 Å². The van der Waals surface area contributed by atoms with E-state index in [0.29, 0.717) is 6.54 Å². The van der Waals surface area contributed by atoms with Crippen LogP contribution in [0.4, 0.5) is 0 Å². The van der Waals surface area contributed by atoms with E-state index in [4.69, 9.17) is 10.8 Å². The molecule has 1 atom stereocenters. The van der Waals surface area contributed by atoms with Crippen LogP contribution in [0, 0.1) is 5.92 Å². The quantitative estimate of drug-likeness (QED) is 0.732. The van der Waals surface area contributed by atoms with Crippen LogP contribution in [-0.4, -0.2) is 40.0 Å². The summed E-state index contributed by atoms with van der Waals surface area (Å²) in [6, 6.07) is -0.235. The Labute approximate surface area is 103 Å². The SMILES string of the molecule is CCN(C(=O)CC(N)C(C)C)C(C)(C)C(=O)O. The summed E-state index contributed by atoms with van der Waals surface area (Å²) in [5.41, 5.74) is 4.64. The molecule has 0 aromatic carbocycles. The third kappa shape index (κ3) is 4.00. The molecule has 0 bridgehead atoms. The van der Waals surface area contributed by atoms with Gasteiger partial charge >= 0.3 is 5.97 Å². The van der Waals surface area contributed by atoms with Crippen LogP contribution < -0.4 is 5.73 Å². The van der Waals surface area contributed by atoms with Gasteiger partial charge in [-0.1, -0.05) is 13.8 Å². The second-order valence-electron chi connectivity index (χ2n) is 5.11. The second-order valence-corrected chi connectivity index (χ2v) is 5.11. The molecule has 0 radical (unpaired) electrons. The summed E-state index contributed by atoms with van der Waals surface area (Å²) in [5, 5.41) is 9.11. The number of hydrogen-bond acceptors (Lipinski definition) is 3. The number of nitrogens with two attached hydrogens (primary N) is 1. The Morgan fingerprint density at radius 1 is 1.35 bits per heavy atom. The highest BCUT2D eigenvalue weighted by molar-refractivity contribution is 5.86. The molecule has 5 heteroatoms. The average molecular weight is 244 g/mol. The van der Waals surface area contributed by atoms with E-state index >= 15 is 0 Å². The number of carboxylic acids is 1. The van der Waals surface area contributed by atoms with Crippen molar-refractivity contribution < 1.29 is 14.7 Å². The van der Waals surface area contributed by atoms with E-state index in [9.17, 15) is 9.59 Å². The Kier molecular flexibility index (Phi) is 5.61. The minimum Gasteiger partial charge on any atom is -0.480 e. The van der Waals surface area contributed by atoms with Gasteiger partial charge in [-0.2, -0.15) is 0 Å². The number of aliphatic carboxylic acids is 1. The highest BCUT2D eigenvalue weighted by atomic mass is 16.4. The van der Waals surface area contributed by atoms with E-state index in [1.165, 1.54) is 18.7 Å². The van der Waals surface area contributed by atoms with Crippen molar-refractivity contribution in [1.82, 2.24) is 4.90 Å². The molecule has 0 heterocycles. The average Bonchev–Trinajstić information content (AvgIpc) is 2.17. The topological polar surface area (TPSA) is 83.6 Å². The van der Waals surface area contributed by atoms with Gasteiger partial charge in [-0.25, -0.2) is 4.79 Å². The van der Waals surface area contributed by atoms with Gasteiger partial charge in [0.25, 0.3) is 0 Å². The summed E-state index contributed by atoms with van der Waals surface area (Å²) in [5.74, 6) is -1.02. The third-order valence-corrected chi connectivity index (χ3v) is 3.08. The van der Waals surface area contributed by atoms with Crippen molar-refractivity contribution in [2.24, 2.45) is 11.7 Å². The number of carbonyl (C=O) groups is 2. The van der Waals surface area contributed by atoms with Crippen LogP contribution in [0.5, 0.6) is 0 Å². The Balaban J connectivity index is 4.79. The molecule has 0 saturated heterocycles. The number of amides is 1. The van der Waals surface area contributed by atoms with E-state index in [-0.39, 0.29) is 24.3 Å². The van der Waals surface area contributed by atoms with Crippen LogP contribution in [0.2, 0.25) is 0 Å². The van der Waals surface area contributed by atoms with E-state index in [0.717, 1.165) is 0 Å². The van der Waals surface area contributed by atoms with Gasteiger partial charge in [0.05, 0.1) is 0 Å². The van der Waals surface area contributed by atoms with Crippen molar-refractivity contribution in [3.63, 3.8) is 0 Å². The smallest absolute Gasteiger partial charge is 0.329 e. The Bertz CT molecular complexity index is 287. The zero-order valence-corrected chi connectivity index (χ0v) is 11.4. The van der Waals surface area contributed by atoms with Gasteiger partial charge in [0, 0.05) is 19.0 Å². The predicted octanol–water partition coefficient (Wildman–Crippen LogP) is 1.07. The van der Waals surface area contributed by atoms with Gasteiger partial charge in [-0.15, -0.1) is 0 Å². The fourth-order valence-corrected chi connectivity index (χ4v) is 1.55. The summed E-state index contributed by atoms with van der Waals surface area (Å²) in [7, 11) is 0. The summed E-state index contributed by atoms with van der Waals surface area (Å²) in [4.78, 5) is 24.5. The fraction of sp³-hybridized carbons (Fsp3) is 0.833. The first-order valence-electron chi connectivity index (χ1n) is 5.94. The second kappa shape index (κ2) is 6.00. The molecular weight excluding hydrogens is 220 g/mol. The largest absolute Gasteiger partial charge is 0.480 e. The lowest BCUT2D eigenvalue weighted by molar-refractivity contribution is -0.156. The van der Waals surface area contributed by atoms with E-state index in [2.05, 4.69) is 0 Å². The molecule has 0 aliphatic rings. The monoisotopic (exact) mass is 244 g/mol. The molecule has 100 valence electrons. The van der Waals surface area contributed by atoms with Crippen molar-refractivity contribution in [2.45, 2.75) is 52.6 Å². The first-order chi connectivity index (χ1) is 7.64. The Hall–Kier alpha value is -1.10. The van der Waals surface area contributed by atoms with Gasteiger partial charge in [-0.3, -0.25) is 4.79 Å². The standard InChI is InChI=1S/C12H24N2O3/c1-6-14(12(4,5)11(16)17)10(15)7-9(13)8(2)3/h8-9H,6-7,13H2,1-5H3,(H,16,17). The van der Waals surface area contributed by atoms with E-state index in [1.807, 2.05) is 13.8 Å². The molecule has 0 saturated carbocycles. The zero-order chi connectivity index (χ0) is 13.8. The molecule has 1 amide bonds. The summed E-state index contributed by atoms with van der Waals surface area (Å²) < 4.78 is 0. The van der Waals surface area contributed by atoms with Crippen molar-refractivity contribution >= 4 is 11.9 Å². The minimum atomic E-state index is -1.19. The van der Waals surface area contributed by atoms with Crippen molar-refractivity contribution in [3.05, 3.63) is 0 Å². The summed E-state index contributed by atoms with van der Waals surface area (Å²) in [6.45, 7) is 9.06. The van der Waals surface area contributed by atoms with Crippen molar-refractivity contribution in [1.29, 1.82) is 0 Å². The fourth-order valence-electron chi connectivity index (χ4n) is 1.55. The highest BCUT2D eigenvalue weighted by Gasteiger charge is 2.37. The van der Waals surface area contributed by atoms with Crippen LogP contribution >= 0.6 is 0 Å². The van der Waals surface area contributed by atoms with Crippen LogP contribution in [0.3, 0.4) is 0 Å². The van der Waals surface area contributed by atoms with E-state index < -0.39 is 11.5 Å². The molecule has 17 heavy (non-hydrogen) atoms. The Morgan fingerprint density at radius 3 is 2.12 bits per heavy atom. The first-order valence-corrected chi connectivity index (χ1v) is 5.94. The summed E-state index contributed by atoms with van der Waals surface area (Å²) in [6.07, 6.45) is 0.183. The molecule has 0 spiro atoms. The molecule has 3 N–H and O–H groups in total. The lowest BCUT2D eigenvalue weighted by Gasteiger charge is -2.35. The normalized spacial score (nSPS) is 13.6. The van der Waals surface area contributed by atoms with Crippen LogP contribution in [-0.2, 0) is 9.59 Å². The number of carbonyl (C=O) groups excluding carboxylic acids is 1. The molecule has 5 nitrogen and oxygen atoms in total. The number of nitrogens with zero attached hydrogens (tertiary/aromatic N) is 1. The first kappa shape index (κ1) is 15.9. The van der Waals surface area contributed by atoms with Gasteiger partial charge in [0.2, 0.25) is 5.91 Å². The van der Waals surface area contributed by atoms with Gasteiger partial charge in [-0.05, 0) is 26.7 Å². The summed E-state index contributed by atoms with van der Waals surface area (Å²) >= 11 is 0. The van der Waals surface area contributed by atoms with Crippen molar-refractivity contribution in [2.75, 3.05) is 6.54 Å². The molecule has 0 rings (SSSR count). The molecule has 0 aliphatic carbocycles. The molecule has 1 unspecified atom stereocenters. The Morgan fingerprint density at radius 2 is 1.82 bits per heavy atom. The maximum absolute atomic E-state index is 12.0. The molecule has 0 aromatic heterocycles. The lowest BCUT2D eigenvalue weighted by atomic mass is 9.98. The van der Waals surface area contributed by atoms with Gasteiger partial charge in [0.15, 0.2) is 0 Å². The van der Waals surface area contributed by atoms with Gasteiger partial charge in [0.1, 0.15) is 5.54 Å². The lowest BCUT2D eigenvalue weighted by Crippen LogP contribution is -2.54. The van der Waals surface area contributed by atoms with Gasteiger partial charge < -0.3 is 15.7 Å². The third-order valence-electron chi connectivity index (χ3n) is 3.08. The van der Waals surface area contributed by atoms with Crippen LogP contribution in [0.15, 0.2) is 0 Å². The maximum atomic E-state index is 12.0. The highest BCUT2D eigenvalue weighted by Crippen LogP contribution is 2.17. The molecular formula is C12H24N2O3. The van der Waals surface area contributed by atoms with Crippen LogP contribution in [0.1, 0.15) is 41.0 Å². The molecule has 0 aromatic rings. The number of hydrogen-bond donors (Lipinski definition) is 2. The molecule has 0 fully saturated rings. The van der Waals surface area contributed by atoms with E-state index in [1.54, 1.807) is 6.92 Å². The predicted molar refractivity (Wildman–Crippen MR) is 66.5 cm³/mol. The minimum absolute atomic E-state index is 0.183. The number of likely N-dealkylation sites (N-methyl/N-ethyl adjacent to an activating group) is 1. The number of rotatable bonds is 6.